The smallest absolute Gasteiger partial charge is 0.243 e. The van der Waals surface area contributed by atoms with E-state index < -0.39 is 20.7 Å². The third-order valence-electron chi connectivity index (χ3n) is 2.32. The molecule has 0 saturated heterocycles. The van der Waals surface area contributed by atoms with Crippen LogP contribution < -0.4 is 4.31 Å². The second-order valence-electron chi connectivity index (χ2n) is 3.63. The topological polar surface area (TPSA) is 63.2 Å². The van der Waals surface area contributed by atoms with E-state index in [-0.39, 0.29) is 9.60 Å². The third kappa shape index (κ3) is 2.63. The van der Waals surface area contributed by atoms with Crippen molar-refractivity contribution in [1.29, 1.82) is 0 Å². The summed E-state index contributed by atoms with van der Waals surface area (Å²) < 4.78 is 39.6. The molecule has 0 amide bonds. The second-order valence-corrected chi connectivity index (χ2v) is 7.55. The Labute approximate surface area is 122 Å². The van der Waals surface area contributed by atoms with Crippen LogP contribution in [0.1, 0.15) is 5.01 Å². The van der Waals surface area contributed by atoms with Crippen LogP contribution in [-0.4, -0.2) is 25.7 Å². The molecule has 0 aliphatic carbocycles. The van der Waals surface area contributed by atoms with Crippen LogP contribution in [0.4, 0.5) is 9.52 Å². The van der Waals surface area contributed by atoms with Crippen LogP contribution in [0.2, 0.25) is 0 Å². The largest absolute Gasteiger partial charge is 0.269 e. The van der Waals surface area contributed by atoms with E-state index in [0.717, 1.165) is 21.7 Å². The number of nitrogens with zero attached hydrogens (tertiary/aromatic N) is 3. The molecule has 1 aromatic carbocycles. The van der Waals surface area contributed by atoms with E-state index in [0.29, 0.717) is 5.01 Å². The van der Waals surface area contributed by atoms with Crippen molar-refractivity contribution in [3.8, 4) is 0 Å². The Hall–Kier alpha value is -1.06. The number of hydrogen-bond acceptors (Lipinski definition) is 5. The molecule has 0 unspecified atom stereocenters. The number of aromatic nitrogens is 2. The maximum absolute atomic E-state index is 13.8. The molecule has 0 spiro atoms. The number of sulfonamides is 1. The summed E-state index contributed by atoms with van der Waals surface area (Å²) in [7, 11) is -2.71. The van der Waals surface area contributed by atoms with Gasteiger partial charge in [0.2, 0.25) is 5.13 Å². The molecule has 0 bridgehead atoms. The van der Waals surface area contributed by atoms with Crippen molar-refractivity contribution in [2.24, 2.45) is 0 Å². The molecular formula is C10H9BrFN3O2S2. The van der Waals surface area contributed by atoms with Crippen LogP contribution in [0.5, 0.6) is 0 Å². The van der Waals surface area contributed by atoms with Gasteiger partial charge in [-0.1, -0.05) is 17.4 Å². The molecule has 9 heteroatoms. The molecule has 19 heavy (non-hydrogen) atoms. The lowest BCUT2D eigenvalue weighted by atomic mass is 10.3. The zero-order valence-corrected chi connectivity index (χ0v) is 13.2. The minimum absolute atomic E-state index is 0.167. The summed E-state index contributed by atoms with van der Waals surface area (Å²) in [6.45, 7) is 1.71. The van der Waals surface area contributed by atoms with Gasteiger partial charge in [-0.15, -0.1) is 10.2 Å². The van der Waals surface area contributed by atoms with Gasteiger partial charge in [0, 0.05) is 11.5 Å². The third-order valence-corrected chi connectivity index (χ3v) is 6.10. The molecule has 0 aliphatic rings. The minimum Gasteiger partial charge on any atom is -0.243 e. The van der Waals surface area contributed by atoms with E-state index in [1.807, 2.05) is 0 Å². The first-order valence-corrected chi connectivity index (χ1v) is 8.12. The fourth-order valence-corrected chi connectivity index (χ4v) is 4.44. The Morgan fingerprint density at radius 2 is 2.05 bits per heavy atom. The molecule has 2 aromatic rings. The summed E-state index contributed by atoms with van der Waals surface area (Å²) in [5.41, 5.74) is 0. The van der Waals surface area contributed by atoms with Crippen LogP contribution in [0.15, 0.2) is 27.6 Å². The Balaban J connectivity index is 2.54. The van der Waals surface area contributed by atoms with E-state index >= 15 is 0 Å². The SMILES string of the molecule is Cc1nnc(N(C)S(=O)(=O)c2c(F)cccc2Br)s1. The van der Waals surface area contributed by atoms with E-state index in [4.69, 9.17) is 0 Å². The Morgan fingerprint density at radius 3 is 2.58 bits per heavy atom. The van der Waals surface area contributed by atoms with Crippen molar-refractivity contribution in [2.75, 3.05) is 11.4 Å². The Morgan fingerprint density at radius 1 is 1.37 bits per heavy atom. The first-order valence-electron chi connectivity index (χ1n) is 5.07. The maximum atomic E-state index is 13.8. The highest BCUT2D eigenvalue weighted by Gasteiger charge is 2.29. The summed E-state index contributed by atoms with van der Waals surface area (Å²) >= 11 is 4.17. The summed E-state index contributed by atoms with van der Waals surface area (Å²) in [4.78, 5) is -0.412. The molecule has 0 N–H and O–H groups in total. The molecule has 0 fully saturated rings. The van der Waals surface area contributed by atoms with Gasteiger partial charge in [0.25, 0.3) is 10.0 Å². The number of halogens is 2. The summed E-state index contributed by atoms with van der Waals surface area (Å²) in [6, 6.07) is 3.99. The lowest BCUT2D eigenvalue weighted by molar-refractivity contribution is 0.564. The monoisotopic (exact) mass is 365 g/mol. The average molecular weight is 366 g/mol. The van der Waals surface area contributed by atoms with Crippen molar-refractivity contribution >= 4 is 42.4 Å². The quantitative estimate of drug-likeness (QED) is 0.838. The van der Waals surface area contributed by atoms with Crippen molar-refractivity contribution in [2.45, 2.75) is 11.8 Å². The first-order chi connectivity index (χ1) is 8.84. The van der Waals surface area contributed by atoms with Gasteiger partial charge in [0.05, 0.1) is 0 Å². The number of aryl methyl sites for hydroxylation is 1. The van der Waals surface area contributed by atoms with E-state index in [1.54, 1.807) is 6.92 Å². The molecule has 1 aromatic heterocycles. The van der Waals surface area contributed by atoms with Crippen molar-refractivity contribution < 1.29 is 12.8 Å². The van der Waals surface area contributed by atoms with Crippen LogP contribution in [0.25, 0.3) is 0 Å². The summed E-state index contributed by atoms with van der Waals surface area (Å²) in [5, 5.41) is 8.31. The lowest BCUT2D eigenvalue weighted by Gasteiger charge is -2.17. The van der Waals surface area contributed by atoms with Gasteiger partial charge >= 0.3 is 0 Å². The van der Waals surface area contributed by atoms with Gasteiger partial charge in [0.15, 0.2) is 0 Å². The average Bonchev–Trinajstić information content (AvgIpc) is 2.74. The summed E-state index contributed by atoms with van der Waals surface area (Å²) in [5.74, 6) is -0.817. The van der Waals surface area contributed by atoms with Crippen molar-refractivity contribution in [1.82, 2.24) is 10.2 Å². The molecule has 0 atom stereocenters. The Kier molecular flexibility index (Phi) is 3.88. The number of anilines is 1. The molecular weight excluding hydrogens is 357 g/mol. The predicted molar refractivity (Wildman–Crippen MR) is 74.3 cm³/mol. The van der Waals surface area contributed by atoms with Crippen molar-refractivity contribution in [3.05, 3.63) is 33.5 Å². The lowest BCUT2D eigenvalue weighted by Crippen LogP contribution is -2.27. The highest BCUT2D eigenvalue weighted by atomic mass is 79.9. The van der Waals surface area contributed by atoms with Gasteiger partial charge < -0.3 is 0 Å². The molecule has 0 saturated carbocycles. The molecule has 102 valence electrons. The van der Waals surface area contributed by atoms with Crippen molar-refractivity contribution in [3.63, 3.8) is 0 Å². The van der Waals surface area contributed by atoms with E-state index in [2.05, 4.69) is 26.1 Å². The zero-order valence-electron chi connectivity index (χ0n) is 9.96. The highest BCUT2D eigenvalue weighted by molar-refractivity contribution is 9.10. The van der Waals surface area contributed by atoms with E-state index in [9.17, 15) is 12.8 Å². The predicted octanol–water partition coefficient (Wildman–Crippen LogP) is 2.57. The minimum atomic E-state index is -4.02. The standard InChI is InChI=1S/C10H9BrFN3O2S2/c1-6-13-14-10(18-6)15(2)19(16,17)9-7(11)4-3-5-8(9)12/h3-5H,1-2H3. The number of rotatable bonds is 3. The number of benzene rings is 1. The van der Waals surface area contributed by atoms with E-state index in [1.165, 1.54) is 19.2 Å². The second kappa shape index (κ2) is 5.14. The molecule has 0 radical (unpaired) electrons. The molecule has 2 rings (SSSR count). The number of hydrogen-bond donors (Lipinski definition) is 0. The Bertz CT molecular complexity index is 697. The normalized spacial score (nSPS) is 11.6. The fraction of sp³-hybridized carbons (Fsp3) is 0.200. The molecule has 0 aliphatic heterocycles. The van der Waals surface area contributed by atoms with Gasteiger partial charge in [-0.25, -0.2) is 17.1 Å². The molecule has 1 heterocycles. The highest BCUT2D eigenvalue weighted by Crippen LogP contribution is 2.30. The van der Waals surface area contributed by atoms with Gasteiger partial charge in [0.1, 0.15) is 15.7 Å². The fourth-order valence-electron chi connectivity index (χ4n) is 1.38. The summed E-state index contributed by atoms with van der Waals surface area (Å²) in [6.07, 6.45) is 0. The zero-order chi connectivity index (χ0) is 14.2. The van der Waals surface area contributed by atoms with Crippen LogP contribution >= 0.6 is 27.3 Å². The first kappa shape index (κ1) is 14.4. The van der Waals surface area contributed by atoms with Gasteiger partial charge in [-0.05, 0) is 35.0 Å². The van der Waals surface area contributed by atoms with Gasteiger partial charge in [-0.2, -0.15) is 0 Å². The maximum Gasteiger partial charge on any atom is 0.269 e. The van der Waals surface area contributed by atoms with Crippen LogP contribution in [0.3, 0.4) is 0 Å². The molecule has 5 nitrogen and oxygen atoms in total. The van der Waals surface area contributed by atoms with Gasteiger partial charge in [-0.3, -0.25) is 0 Å². The van der Waals surface area contributed by atoms with Crippen LogP contribution in [-0.2, 0) is 10.0 Å². The van der Waals surface area contributed by atoms with Crippen LogP contribution in [0, 0.1) is 12.7 Å².